The summed E-state index contributed by atoms with van der Waals surface area (Å²) in [6.07, 6.45) is 0.884. The SMILES string of the molecule is CCCn1c(-c2ccsc2)nc2c1c(=O)n(C)c(=O)n2C. The van der Waals surface area contributed by atoms with Gasteiger partial charge >= 0.3 is 5.69 Å². The number of hydrogen-bond donors (Lipinski definition) is 0. The summed E-state index contributed by atoms with van der Waals surface area (Å²) in [6.45, 7) is 2.74. The molecule has 3 rings (SSSR count). The van der Waals surface area contributed by atoms with E-state index in [4.69, 9.17) is 0 Å². The number of rotatable bonds is 3. The second kappa shape index (κ2) is 5.00. The number of nitrogens with zero attached hydrogens (tertiary/aromatic N) is 4. The van der Waals surface area contributed by atoms with E-state index in [1.807, 2.05) is 21.4 Å². The lowest BCUT2D eigenvalue weighted by Gasteiger charge is -2.07. The van der Waals surface area contributed by atoms with E-state index in [0.717, 1.165) is 22.4 Å². The highest BCUT2D eigenvalue weighted by atomic mass is 32.1. The van der Waals surface area contributed by atoms with Gasteiger partial charge in [0.25, 0.3) is 5.56 Å². The molecular weight excluding hydrogens is 288 g/mol. The summed E-state index contributed by atoms with van der Waals surface area (Å²) >= 11 is 1.58. The molecule has 3 heterocycles. The maximum Gasteiger partial charge on any atom is 0.332 e. The molecule has 0 N–H and O–H groups in total. The number of fused-ring (bicyclic) bond motifs is 1. The minimum Gasteiger partial charge on any atom is -0.318 e. The molecule has 0 amide bonds. The molecule has 0 radical (unpaired) electrons. The summed E-state index contributed by atoms with van der Waals surface area (Å²) in [6, 6.07) is 1.97. The summed E-state index contributed by atoms with van der Waals surface area (Å²) < 4.78 is 4.48. The Hall–Kier alpha value is -2.15. The quantitative estimate of drug-likeness (QED) is 0.738. The Morgan fingerprint density at radius 1 is 1.24 bits per heavy atom. The fourth-order valence-corrected chi connectivity index (χ4v) is 3.13. The average Bonchev–Trinajstić information content (AvgIpc) is 3.10. The van der Waals surface area contributed by atoms with Crippen molar-refractivity contribution in [3.8, 4) is 11.4 Å². The van der Waals surface area contributed by atoms with E-state index in [2.05, 4.69) is 11.9 Å². The lowest BCUT2D eigenvalue weighted by atomic mass is 10.3. The summed E-state index contributed by atoms with van der Waals surface area (Å²) in [5.41, 5.74) is 1.25. The predicted octanol–water partition coefficient (Wildman–Crippen LogP) is 1.57. The lowest BCUT2D eigenvalue weighted by Crippen LogP contribution is -2.37. The molecule has 0 unspecified atom stereocenters. The van der Waals surface area contributed by atoms with E-state index in [-0.39, 0.29) is 11.2 Å². The zero-order chi connectivity index (χ0) is 15.1. The molecule has 0 aliphatic rings. The van der Waals surface area contributed by atoms with Crippen LogP contribution in [0.5, 0.6) is 0 Å². The highest BCUT2D eigenvalue weighted by molar-refractivity contribution is 7.08. The first-order chi connectivity index (χ1) is 10.1. The molecule has 21 heavy (non-hydrogen) atoms. The fraction of sp³-hybridized carbons (Fsp3) is 0.357. The van der Waals surface area contributed by atoms with E-state index in [9.17, 15) is 9.59 Å². The number of hydrogen-bond acceptors (Lipinski definition) is 4. The van der Waals surface area contributed by atoms with Crippen LogP contribution in [0.15, 0.2) is 26.4 Å². The van der Waals surface area contributed by atoms with Gasteiger partial charge in [-0.2, -0.15) is 11.3 Å². The van der Waals surface area contributed by atoms with Crippen molar-refractivity contribution in [1.29, 1.82) is 0 Å². The Labute approximate surface area is 124 Å². The normalized spacial score (nSPS) is 11.4. The van der Waals surface area contributed by atoms with Gasteiger partial charge in [-0.05, 0) is 17.9 Å². The summed E-state index contributed by atoms with van der Waals surface area (Å²) in [5.74, 6) is 0.742. The second-order valence-electron chi connectivity index (χ2n) is 4.98. The van der Waals surface area contributed by atoms with Gasteiger partial charge in [-0.1, -0.05) is 6.92 Å². The van der Waals surface area contributed by atoms with E-state index in [1.54, 1.807) is 18.4 Å². The third-order valence-corrected chi connectivity index (χ3v) is 4.26. The number of aromatic nitrogens is 4. The second-order valence-corrected chi connectivity index (χ2v) is 5.76. The monoisotopic (exact) mass is 304 g/mol. The van der Waals surface area contributed by atoms with E-state index >= 15 is 0 Å². The van der Waals surface area contributed by atoms with Gasteiger partial charge in [0, 0.05) is 31.6 Å². The first kappa shape index (κ1) is 13.8. The van der Waals surface area contributed by atoms with Gasteiger partial charge in [0.15, 0.2) is 11.2 Å². The topological polar surface area (TPSA) is 61.8 Å². The van der Waals surface area contributed by atoms with Crippen LogP contribution in [0.4, 0.5) is 0 Å². The van der Waals surface area contributed by atoms with Crippen molar-refractivity contribution in [2.24, 2.45) is 14.1 Å². The van der Waals surface area contributed by atoms with E-state index in [1.165, 1.54) is 11.6 Å². The molecule has 3 aromatic heterocycles. The minimum absolute atomic E-state index is 0.296. The number of aryl methyl sites for hydroxylation is 2. The molecule has 0 spiro atoms. The first-order valence-corrected chi connectivity index (χ1v) is 7.69. The van der Waals surface area contributed by atoms with E-state index in [0.29, 0.717) is 17.7 Å². The van der Waals surface area contributed by atoms with Crippen LogP contribution in [0.2, 0.25) is 0 Å². The van der Waals surface area contributed by atoms with Gasteiger partial charge in [0.1, 0.15) is 5.82 Å². The summed E-state index contributed by atoms with van der Waals surface area (Å²) in [7, 11) is 3.14. The molecule has 0 saturated carbocycles. The van der Waals surface area contributed by atoms with Crippen LogP contribution in [0, 0.1) is 0 Å². The van der Waals surface area contributed by atoms with Gasteiger partial charge in [0.05, 0.1) is 0 Å². The standard InChI is InChI=1S/C14H16N4O2S/c1-4-6-18-10-12(15-11(18)9-5-7-21-8-9)16(2)14(20)17(3)13(10)19/h5,7-8H,4,6H2,1-3H3. The van der Waals surface area contributed by atoms with Crippen LogP contribution in [-0.4, -0.2) is 18.7 Å². The highest BCUT2D eigenvalue weighted by Crippen LogP contribution is 2.24. The van der Waals surface area contributed by atoms with Crippen molar-refractivity contribution in [1.82, 2.24) is 18.7 Å². The Morgan fingerprint density at radius 2 is 2.00 bits per heavy atom. The van der Waals surface area contributed by atoms with Crippen LogP contribution in [0.3, 0.4) is 0 Å². The van der Waals surface area contributed by atoms with Crippen molar-refractivity contribution in [2.45, 2.75) is 19.9 Å². The predicted molar refractivity (Wildman–Crippen MR) is 83.8 cm³/mol. The summed E-state index contributed by atoms with van der Waals surface area (Å²) in [4.78, 5) is 29.1. The maximum absolute atomic E-state index is 12.5. The van der Waals surface area contributed by atoms with Crippen LogP contribution in [0.25, 0.3) is 22.6 Å². The van der Waals surface area contributed by atoms with Crippen LogP contribution < -0.4 is 11.2 Å². The van der Waals surface area contributed by atoms with Crippen molar-refractivity contribution in [3.63, 3.8) is 0 Å². The average molecular weight is 304 g/mol. The van der Waals surface area contributed by atoms with E-state index < -0.39 is 0 Å². The molecular formula is C14H16N4O2S. The third kappa shape index (κ3) is 1.96. The number of imidazole rings is 1. The van der Waals surface area contributed by atoms with Crippen LogP contribution in [0.1, 0.15) is 13.3 Å². The molecule has 7 heteroatoms. The van der Waals surface area contributed by atoms with Gasteiger partial charge in [-0.15, -0.1) is 0 Å². The molecule has 0 bridgehead atoms. The van der Waals surface area contributed by atoms with Crippen molar-refractivity contribution in [2.75, 3.05) is 0 Å². The Morgan fingerprint density at radius 3 is 2.62 bits per heavy atom. The molecule has 3 aromatic rings. The van der Waals surface area contributed by atoms with Gasteiger partial charge in [-0.25, -0.2) is 9.78 Å². The fourth-order valence-electron chi connectivity index (χ4n) is 2.50. The molecule has 0 aliphatic heterocycles. The smallest absolute Gasteiger partial charge is 0.318 e. The first-order valence-electron chi connectivity index (χ1n) is 6.75. The summed E-state index contributed by atoms with van der Waals surface area (Å²) in [5, 5.41) is 3.97. The Balaban J connectivity index is 2.49. The lowest BCUT2D eigenvalue weighted by molar-refractivity contribution is 0.679. The van der Waals surface area contributed by atoms with Crippen LogP contribution >= 0.6 is 11.3 Å². The number of thiophene rings is 1. The maximum atomic E-state index is 12.5. The van der Waals surface area contributed by atoms with Crippen LogP contribution in [-0.2, 0) is 20.6 Å². The zero-order valence-corrected chi connectivity index (χ0v) is 13.0. The molecule has 0 aliphatic carbocycles. The van der Waals surface area contributed by atoms with Crippen molar-refractivity contribution >= 4 is 22.5 Å². The van der Waals surface area contributed by atoms with Crippen molar-refractivity contribution < 1.29 is 0 Å². The van der Waals surface area contributed by atoms with Crippen molar-refractivity contribution in [3.05, 3.63) is 37.7 Å². The third-order valence-electron chi connectivity index (χ3n) is 3.57. The van der Waals surface area contributed by atoms with Gasteiger partial charge in [-0.3, -0.25) is 13.9 Å². The molecule has 0 aromatic carbocycles. The van der Waals surface area contributed by atoms with Gasteiger partial charge < -0.3 is 4.57 Å². The largest absolute Gasteiger partial charge is 0.332 e. The molecule has 0 fully saturated rings. The molecule has 110 valence electrons. The highest BCUT2D eigenvalue weighted by Gasteiger charge is 2.19. The molecule has 0 atom stereocenters. The minimum atomic E-state index is -0.356. The zero-order valence-electron chi connectivity index (χ0n) is 12.2. The molecule has 6 nitrogen and oxygen atoms in total. The van der Waals surface area contributed by atoms with Gasteiger partial charge in [0.2, 0.25) is 0 Å². The molecule has 0 saturated heterocycles. The Kier molecular flexibility index (Phi) is 3.29. The Bertz CT molecular complexity index is 915.